The number of aromatic nitrogens is 1. The van der Waals surface area contributed by atoms with E-state index < -0.39 is 17.9 Å². The lowest BCUT2D eigenvalue weighted by molar-refractivity contribution is -0.159. The Hall–Kier alpha value is -2.89. The largest absolute Gasteiger partial charge is 0.468 e. The van der Waals surface area contributed by atoms with Gasteiger partial charge >= 0.3 is 11.9 Å². The Morgan fingerprint density at radius 1 is 1.04 bits per heavy atom. The van der Waals surface area contributed by atoms with Crippen molar-refractivity contribution >= 4 is 17.7 Å². The summed E-state index contributed by atoms with van der Waals surface area (Å²) < 4.78 is 11.0. The van der Waals surface area contributed by atoms with E-state index >= 15 is 0 Å². The highest BCUT2D eigenvalue weighted by Gasteiger charge is 2.28. The van der Waals surface area contributed by atoms with Crippen LogP contribution in [0.15, 0.2) is 42.6 Å². The number of esters is 2. The van der Waals surface area contributed by atoms with Crippen molar-refractivity contribution in [3.05, 3.63) is 59.4 Å². The Morgan fingerprint density at radius 2 is 1.72 bits per heavy atom. The van der Waals surface area contributed by atoms with Gasteiger partial charge in [-0.15, -0.1) is 0 Å². The summed E-state index contributed by atoms with van der Waals surface area (Å²) in [7, 11) is 2.45. The number of hydrogen-bond donors (Lipinski definition) is 0. The molecule has 2 aromatic rings. The molecule has 1 heterocycles. The topological polar surface area (TPSA) is 74.6 Å². The van der Waals surface area contributed by atoms with Gasteiger partial charge in [0, 0.05) is 18.3 Å². The Labute approximate surface area is 146 Å². The third kappa shape index (κ3) is 4.35. The summed E-state index contributed by atoms with van der Waals surface area (Å²) in [6, 6.07) is 10.8. The van der Waals surface area contributed by atoms with E-state index in [1.165, 1.54) is 14.2 Å². The van der Waals surface area contributed by atoms with E-state index in [0.717, 1.165) is 5.56 Å². The molecule has 0 aliphatic heterocycles. The molecule has 0 fully saturated rings. The van der Waals surface area contributed by atoms with Crippen LogP contribution in [0.4, 0.5) is 0 Å². The summed E-state index contributed by atoms with van der Waals surface area (Å²) in [5, 5.41) is 0. The SMILES string of the molecule is COC(=O)C(CCn1cccc1C(=O)c1cccc(C)c1)C(=O)OC. The number of ether oxygens (including phenoxy) is 2. The van der Waals surface area contributed by atoms with Crippen LogP contribution in [-0.2, 0) is 25.6 Å². The molecule has 0 atom stereocenters. The average molecular weight is 343 g/mol. The van der Waals surface area contributed by atoms with Crippen LogP contribution in [0, 0.1) is 12.8 Å². The summed E-state index contributed by atoms with van der Waals surface area (Å²) in [5.41, 5.74) is 2.09. The second kappa shape index (κ2) is 8.28. The van der Waals surface area contributed by atoms with Crippen molar-refractivity contribution in [3.63, 3.8) is 0 Å². The van der Waals surface area contributed by atoms with Crippen molar-refractivity contribution in [3.8, 4) is 0 Å². The van der Waals surface area contributed by atoms with Crippen LogP contribution in [0.25, 0.3) is 0 Å². The zero-order chi connectivity index (χ0) is 18.4. The molecule has 0 aliphatic rings. The number of ketones is 1. The molecule has 6 nitrogen and oxygen atoms in total. The Balaban J connectivity index is 2.17. The van der Waals surface area contributed by atoms with Gasteiger partial charge < -0.3 is 14.0 Å². The summed E-state index contributed by atoms with van der Waals surface area (Å²) in [6.07, 6.45) is 1.93. The van der Waals surface area contributed by atoms with Gasteiger partial charge in [0.2, 0.25) is 5.78 Å². The van der Waals surface area contributed by atoms with Crippen molar-refractivity contribution < 1.29 is 23.9 Å². The fourth-order valence-electron chi connectivity index (χ4n) is 2.63. The first-order valence-corrected chi connectivity index (χ1v) is 7.90. The number of methoxy groups -OCH3 is 2. The molecule has 0 aliphatic carbocycles. The van der Waals surface area contributed by atoms with Crippen molar-refractivity contribution in [1.82, 2.24) is 4.57 Å². The van der Waals surface area contributed by atoms with Gasteiger partial charge in [0.05, 0.1) is 19.9 Å². The molecule has 0 unspecified atom stereocenters. The highest BCUT2D eigenvalue weighted by atomic mass is 16.5. The lowest BCUT2D eigenvalue weighted by Crippen LogP contribution is -2.28. The smallest absolute Gasteiger partial charge is 0.320 e. The van der Waals surface area contributed by atoms with Crippen molar-refractivity contribution in [2.75, 3.05) is 14.2 Å². The molecule has 1 aromatic heterocycles. The minimum absolute atomic E-state index is 0.110. The van der Waals surface area contributed by atoms with Gasteiger partial charge in [-0.1, -0.05) is 23.8 Å². The van der Waals surface area contributed by atoms with E-state index in [1.54, 1.807) is 29.0 Å². The first-order valence-electron chi connectivity index (χ1n) is 7.90. The number of carbonyl (C=O) groups excluding carboxylic acids is 3. The van der Waals surface area contributed by atoms with Crippen LogP contribution in [0.2, 0.25) is 0 Å². The van der Waals surface area contributed by atoms with Gasteiger partial charge in [0.15, 0.2) is 5.92 Å². The van der Waals surface area contributed by atoms with Crippen LogP contribution in [0.5, 0.6) is 0 Å². The molecule has 2 rings (SSSR count). The molecular formula is C19H21NO5. The highest BCUT2D eigenvalue weighted by molar-refractivity contribution is 6.08. The molecule has 0 amide bonds. The highest BCUT2D eigenvalue weighted by Crippen LogP contribution is 2.16. The number of benzene rings is 1. The quantitative estimate of drug-likeness (QED) is 0.438. The van der Waals surface area contributed by atoms with Crippen molar-refractivity contribution in [2.45, 2.75) is 19.9 Å². The Bertz CT molecular complexity index is 762. The summed E-state index contributed by atoms with van der Waals surface area (Å²) in [6.45, 7) is 2.24. The fourth-order valence-corrected chi connectivity index (χ4v) is 2.63. The third-order valence-electron chi connectivity index (χ3n) is 3.97. The summed E-state index contributed by atoms with van der Waals surface area (Å²) in [5.74, 6) is -2.42. The number of aryl methyl sites for hydroxylation is 2. The Kier molecular flexibility index (Phi) is 6.11. The maximum absolute atomic E-state index is 12.7. The van der Waals surface area contributed by atoms with E-state index in [0.29, 0.717) is 17.8 Å². The molecule has 25 heavy (non-hydrogen) atoms. The van der Waals surface area contributed by atoms with Gasteiger partial charge in [-0.25, -0.2) is 0 Å². The minimum Gasteiger partial charge on any atom is -0.468 e. The number of nitrogens with zero attached hydrogens (tertiary/aromatic N) is 1. The lowest BCUT2D eigenvalue weighted by atomic mass is 10.0. The normalized spacial score (nSPS) is 10.6. The summed E-state index contributed by atoms with van der Waals surface area (Å²) in [4.78, 5) is 36.2. The van der Waals surface area contributed by atoms with Crippen LogP contribution in [-0.4, -0.2) is 36.5 Å². The van der Waals surface area contributed by atoms with Crippen LogP contribution in [0.1, 0.15) is 28.0 Å². The molecule has 1 aromatic carbocycles. The fraction of sp³-hybridized carbons (Fsp3) is 0.316. The zero-order valence-electron chi connectivity index (χ0n) is 14.5. The third-order valence-corrected chi connectivity index (χ3v) is 3.97. The molecular weight excluding hydrogens is 322 g/mol. The van der Waals surface area contributed by atoms with E-state index in [1.807, 2.05) is 25.1 Å². The maximum Gasteiger partial charge on any atom is 0.320 e. The molecule has 0 N–H and O–H groups in total. The van der Waals surface area contributed by atoms with E-state index in [-0.39, 0.29) is 12.2 Å². The molecule has 0 radical (unpaired) electrons. The van der Waals surface area contributed by atoms with Crippen molar-refractivity contribution in [2.24, 2.45) is 5.92 Å². The van der Waals surface area contributed by atoms with Crippen molar-refractivity contribution in [1.29, 1.82) is 0 Å². The van der Waals surface area contributed by atoms with E-state index in [4.69, 9.17) is 0 Å². The van der Waals surface area contributed by atoms with Crippen LogP contribution in [0.3, 0.4) is 0 Å². The van der Waals surface area contributed by atoms with Gasteiger partial charge in [-0.05, 0) is 31.5 Å². The average Bonchev–Trinajstić information content (AvgIpc) is 3.09. The Morgan fingerprint density at radius 3 is 2.32 bits per heavy atom. The van der Waals surface area contributed by atoms with Crippen LogP contribution >= 0.6 is 0 Å². The minimum atomic E-state index is -1.01. The first-order chi connectivity index (χ1) is 12.0. The molecule has 6 heteroatoms. The molecule has 0 spiro atoms. The number of rotatable bonds is 7. The number of carbonyl (C=O) groups is 3. The summed E-state index contributed by atoms with van der Waals surface area (Å²) >= 11 is 0. The maximum atomic E-state index is 12.7. The van der Waals surface area contributed by atoms with E-state index in [9.17, 15) is 14.4 Å². The molecule has 0 saturated heterocycles. The van der Waals surface area contributed by atoms with Gasteiger partial charge in [-0.2, -0.15) is 0 Å². The van der Waals surface area contributed by atoms with Gasteiger partial charge in [-0.3, -0.25) is 14.4 Å². The molecule has 132 valence electrons. The van der Waals surface area contributed by atoms with Crippen LogP contribution < -0.4 is 0 Å². The second-order valence-corrected chi connectivity index (χ2v) is 5.67. The van der Waals surface area contributed by atoms with Gasteiger partial charge in [0.1, 0.15) is 0 Å². The second-order valence-electron chi connectivity index (χ2n) is 5.67. The molecule has 0 saturated carbocycles. The monoisotopic (exact) mass is 343 g/mol. The van der Waals surface area contributed by atoms with Gasteiger partial charge in [0.25, 0.3) is 0 Å². The number of hydrogen-bond acceptors (Lipinski definition) is 5. The predicted molar refractivity (Wildman–Crippen MR) is 91.2 cm³/mol. The van der Waals surface area contributed by atoms with E-state index in [2.05, 4.69) is 9.47 Å². The zero-order valence-corrected chi connectivity index (χ0v) is 14.5. The lowest BCUT2D eigenvalue weighted by Gasteiger charge is -2.14. The standard InChI is InChI=1S/C19H21NO5/c1-13-6-4-7-14(12-13)17(21)16-8-5-10-20(16)11-9-15(18(22)24-2)19(23)25-3/h4-8,10,12,15H,9,11H2,1-3H3. The predicted octanol–water partition coefficient (Wildman–Crippen LogP) is 2.38. The first kappa shape index (κ1) is 18.4. The molecule has 0 bridgehead atoms.